The maximum absolute atomic E-state index is 6.14. The normalized spacial score (nSPS) is 24.3. The first kappa shape index (κ1) is 9.66. The number of methoxy groups -OCH3 is 1. The summed E-state index contributed by atoms with van der Waals surface area (Å²) >= 11 is 6.14. The SMILES string of the molecule is COc1cc(Cl)c2c(c1)C(C)C(C)N2. The Kier molecular flexibility index (Phi) is 2.31. The molecule has 1 aliphatic heterocycles. The molecule has 0 aromatic heterocycles. The number of halogens is 1. The van der Waals surface area contributed by atoms with Gasteiger partial charge in [-0.25, -0.2) is 0 Å². The van der Waals surface area contributed by atoms with Crippen LogP contribution in [0.4, 0.5) is 5.69 Å². The van der Waals surface area contributed by atoms with Gasteiger partial charge < -0.3 is 10.1 Å². The van der Waals surface area contributed by atoms with Gasteiger partial charge in [-0.1, -0.05) is 18.5 Å². The molecule has 0 radical (unpaired) electrons. The Morgan fingerprint density at radius 1 is 1.36 bits per heavy atom. The summed E-state index contributed by atoms with van der Waals surface area (Å²) in [4.78, 5) is 0. The molecule has 0 fully saturated rings. The smallest absolute Gasteiger partial charge is 0.120 e. The van der Waals surface area contributed by atoms with E-state index in [0.29, 0.717) is 12.0 Å². The second-order valence-electron chi connectivity index (χ2n) is 3.80. The minimum atomic E-state index is 0.439. The minimum Gasteiger partial charge on any atom is -0.497 e. The maximum Gasteiger partial charge on any atom is 0.120 e. The molecule has 3 heteroatoms. The van der Waals surface area contributed by atoms with Crippen LogP contribution in [0.3, 0.4) is 0 Å². The number of anilines is 1. The van der Waals surface area contributed by atoms with Crippen LogP contribution in [0.2, 0.25) is 5.02 Å². The molecule has 14 heavy (non-hydrogen) atoms. The van der Waals surface area contributed by atoms with Crippen LogP contribution in [0, 0.1) is 0 Å². The van der Waals surface area contributed by atoms with E-state index < -0.39 is 0 Å². The van der Waals surface area contributed by atoms with Crippen molar-refractivity contribution >= 4 is 17.3 Å². The number of hydrogen-bond donors (Lipinski definition) is 1. The zero-order chi connectivity index (χ0) is 10.3. The molecule has 1 aromatic rings. The number of ether oxygens (including phenoxy) is 1. The monoisotopic (exact) mass is 211 g/mol. The summed E-state index contributed by atoms with van der Waals surface area (Å²) in [7, 11) is 1.66. The second kappa shape index (κ2) is 3.35. The van der Waals surface area contributed by atoms with E-state index in [-0.39, 0.29) is 0 Å². The molecule has 1 aliphatic rings. The van der Waals surface area contributed by atoms with Crippen molar-refractivity contribution in [2.75, 3.05) is 12.4 Å². The van der Waals surface area contributed by atoms with Crippen molar-refractivity contribution in [2.45, 2.75) is 25.8 Å². The highest BCUT2D eigenvalue weighted by atomic mass is 35.5. The first-order valence-electron chi connectivity index (χ1n) is 4.77. The quantitative estimate of drug-likeness (QED) is 0.770. The summed E-state index contributed by atoms with van der Waals surface area (Å²) in [5, 5.41) is 4.13. The third-order valence-electron chi connectivity index (χ3n) is 2.94. The third kappa shape index (κ3) is 1.34. The summed E-state index contributed by atoms with van der Waals surface area (Å²) in [6.45, 7) is 4.35. The van der Waals surface area contributed by atoms with E-state index in [0.717, 1.165) is 16.5 Å². The lowest BCUT2D eigenvalue weighted by Crippen LogP contribution is -2.12. The molecular formula is C11H14ClNO. The van der Waals surface area contributed by atoms with E-state index in [2.05, 4.69) is 25.2 Å². The predicted octanol–water partition coefficient (Wildman–Crippen LogP) is 3.27. The Balaban J connectivity index is 2.52. The molecule has 0 spiro atoms. The highest BCUT2D eigenvalue weighted by Crippen LogP contribution is 2.42. The molecule has 0 bridgehead atoms. The van der Waals surface area contributed by atoms with E-state index in [1.54, 1.807) is 7.11 Å². The summed E-state index contributed by atoms with van der Waals surface area (Å²) < 4.78 is 5.19. The number of rotatable bonds is 1. The van der Waals surface area contributed by atoms with Gasteiger partial charge in [0.25, 0.3) is 0 Å². The lowest BCUT2D eigenvalue weighted by molar-refractivity contribution is 0.414. The van der Waals surface area contributed by atoms with Crippen LogP contribution >= 0.6 is 11.6 Å². The highest BCUT2D eigenvalue weighted by Gasteiger charge is 2.27. The Hall–Kier alpha value is -0.890. The molecule has 0 saturated heterocycles. The van der Waals surface area contributed by atoms with Crippen molar-refractivity contribution in [1.29, 1.82) is 0 Å². The van der Waals surface area contributed by atoms with Gasteiger partial charge in [-0.15, -0.1) is 0 Å². The fourth-order valence-electron chi connectivity index (χ4n) is 1.85. The van der Waals surface area contributed by atoms with Gasteiger partial charge in [-0.3, -0.25) is 0 Å². The van der Waals surface area contributed by atoms with Gasteiger partial charge in [0.2, 0.25) is 0 Å². The summed E-state index contributed by atoms with van der Waals surface area (Å²) in [6, 6.07) is 4.34. The highest BCUT2D eigenvalue weighted by molar-refractivity contribution is 6.33. The Morgan fingerprint density at radius 3 is 2.71 bits per heavy atom. The molecule has 2 rings (SSSR count). The van der Waals surface area contributed by atoms with Gasteiger partial charge in [-0.2, -0.15) is 0 Å². The Labute approximate surface area is 89.2 Å². The molecule has 2 nitrogen and oxygen atoms in total. The van der Waals surface area contributed by atoms with Crippen LogP contribution in [0.25, 0.3) is 0 Å². The van der Waals surface area contributed by atoms with Crippen LogP contribution in [-0.2, 0) is 0 Å². The van der Waals surface area contributed by atoms with Crippen molar-refractivity contribution in [3.8, 4) is 5.75 Å². The van der Waals surface area contributed by atoms with Crippen LogP contribution in [0.1, 0.15) is 25.3 Å². The van der Waals surface area contributed by atoms with E-state index >= 15 is 0 Å². The molecule has 76 valence electrons. The molecule has 1 N–H and O–H groups in total. The average molecular weight is 212 g/mol. The maximum atomic E-state index is 6.14. The van der Waals surface area contributed by atoms with Crippen LogP contribution in [0.5, 0.6) is 5.75 Å². The van der Waals surface area contributed by atoms with Gasteiger partial charge >= 0.3 is 0 Å². The van der Waals surface area contributed by atoms with E-state index in [9.17, 15) is 0 Å². The molecule has 0 saturated carbocycles. The summed E-state index contributed by atoms with van der Waals surface area (Å²) in [6.07, 6.45) is 0. The molecule has 2 unspecified atom stereocenters. The number of hydrogen-bond acceptors (Lipinski definition) is 2. The van der Waals surface area contributed by atoms with Crippen molar-refractivity contribution in [3.63, 3.8) is 0 Å². The second-order valence-corrected chi connectivity index (χ2v) is 4.20. The molecule has 1 heterocycles. The molecule has 2 atom stereocenters. The van der Waals surface area contributed by atoms with Crippen LogP contribution in [-0.4, -0.2) is 13.2 Å². The van der Waals surface area contributed by atoms with Gasteiger partial charge in [0, 0.05) is 18.0 Å². The predicted molar refractivity (Wildman–Crippen MR) is 59.5 cm³/mol. The van der Waals surface area contributed by atoms with E-state index in [4.69, 9.17) is 16.3 Å². The van der Waals surface area contributed by atoms with Crippen molar-refractivity contribution < 1.29 is 4.74 Å². The zero-order valence-corrected chi connectivity index (χ0v) is 9.35. The fraction of sp³-hybridized carbons (Fsp3) is 0.455. The number of nitrogens with one attached hydrogen (secondary N) is 1. The minimum absolute atomic E-state index is 0.439. The number of benzene rings is 1. The Bertz CT molecular complexity index is 365. The molecule has 1 aromatic carbocycles. The van der Waals surface area contributed by atoms with E-state index in [1.165, 1.54) is 5.56 Å². The molecule has 0 aliphatic carbocycles. The summed E-state index contributed by atoms with van der Waals surface area (Å²) in [5.74, 6) is 1.31. The van der Waals surface area contributed by atoms with Gasteiger partial charge in [0.15, 0.2) is 0 Å². The lowest BCUT2D eigenvalue weighted by Gasteiger charge is -2.09. The molecular weight excluding hydrogens is 198 g/mol. The third-order valence-corrected chi connectivity index (χ3v) is 3.24. The van der Waals surface area contributed by atoms with Crippen molar-refractivity contribution in [2.24, 2.45) is 0 Å². The van der Waals surface area contributed by atoms with Gasteiger partial charge in [0.1, 0.15) is 5.75 Å². The zero-order valence-electron chi connectivity index (χ0n) is 8.60. The first-order valence-corrected chi connectivity index (χ1v) is 5.15. The topological polar surface area (TPSA) is 21.3 Å². The number of fused-ring (bicyclic) bond motifs is 1. The van der Waals surface area contributed by atoms with Crippen LogP contribution < -0.4 is 10.1 Å². The standard InChI is InChI=1S/C11H14ClNO/c1-6-7(2)13-11-9(6)4-8(14-3)5-10(11)12/h4-7,13H,1-3H3. The van der Waals surface area contributed by atoms with Crippen LogP contribution in [0.15, 0.2) is 12.1 Å². The lowest BCUT2D eigenvalue weighted by atomic mass is 9.98. The Morgan fingerprint density at radius 2 is 2.07 bits per heavy atom. The molecule has 0 amide bonds. The van der Waals surface area contributed by atoms with E-state index in [1.807, 2.05) is 6.07 Å². The fourth-order valence-corrected chi connectivity index (χ4v) is 2.12. The largest absolute Gasteiger partial charge is 0.497 e. The first-order chi connectivity index (χ1) is 6.63. The van der Waals surface area contributed by atoms with Crippen molar-refractivity contribution in [3.05, 3.63) is 22.7 Å². The van der Waals surface area contributed by atoms with Crippen molar-refractivity contribution in [1.82, 2.24) is 0 Å². The summed E-state index contributed by atoms with van der Waals surface area (Å²) in [5.41, 5.74) is 2.31. The van der Waals surface area contributed by atoms with Gasteiger partial charge in [0.05, 0.1) is 17.8 Å². The average Bonchev–Trinajstić information content (AvgIpc) is 2.45. The van der Waals surface area contributed by atoms with Gasteiger partial charge in [-0.05, 0) is 18.6 Å².